The van der Waals surface area contributed by atoms with Crippen molar-refractivity contribution < 1.29 is 9.90 Å². The molecule has 1 atom stereocenters. The van der Waals surface area contributed by atoms with E-state index in [1.807, 2.05) is 0 Å². The van der Waals surface area contributed by atoms with Crippen LogP contribution >= 0.6 is 23.2 Å². The van der Waals surface area contributed by atoms with Crippen LogP contribution in [0.15, 0.2) is 0 Å². The van der Waals surface area contributed by atoms with Gasteiger partial charge < -0.3 is 10.0 Å². The Balaban J connectivity index is 2.44. The second kappa shape index (κ2) is 4.16. The first kappa shape index (κ1) is 11.6. The standard InChI is InChI=1S/C9H9Cl2N3O2/c1-4-12-8(10)7(9(11)13-4)14-3-5(15)2-6(14)16/h5,15H,2-3H2,1H3. The smallest absolute Gasteiger partial charge is 0.229 e. The Kier molecular flexibility index (Phi) is 3.01. The summed E-state index contributed by atoms with van der Waals surface area (Å²) in [5.74, 6) is 0.203. The fourth-order valence-corrected chi connectivity index (χ4v) is 2.30. The van der Waals surface area contributed by atoms with Gasteiger partial charge >= 0.3 is 0 Å². The minimum absolute atomic E-state index is 0.0700. The average Bonchev–Trinajstić information content (AvgIpc) is 2.43. The molecule has 0 bridgehead atoms. The molecule has 1 aromatic heterocycles. The fraction of sp³-hybridized carbons (Fsp3) is 0.444. The highest BCUT2D eigenvalue weighted by atomic mass is 35.5. The summed E-state index contributed by atoms with van der Waals surface area (Å²) in [6.45, 7) is 1.83. The molecule has 1 aliphatic rings. The Morgan fingerprint density at radius 2 is 1.94 bits per heavy atom. The summed E-state index contributed by atoms with van der Waals surface area (Å²) in [6, 6.07) is 0. The van der Waals surface area contributed by atoms with Gasteiger partial charge in [0.1, 0.15) is 11.5 Å². The number of rotatable bonds is 1. The van der Waals surface area contributed by atoms with Crippen LogP contribution in [0, 0.1) is 6.92 Å². The molecule has 1 saturated heterocycles. The van der Waals surface area contributed by atoms with Crippen molar-refractivity contribution in [2.24, 2.45) is 0 Å². The maximum atomic E-state index is 11.6. The molecule has 5 nitrogen and oxygen atoms in total. The highest BCUT2D eigenvalue weighted by molar-refractivity contribution is 6.38. The minimum atomic E-state index is -0.694. The Hall–Kier alpha value is -0.910. The molecule has 16 heavy (non-hydrogen) atoms. The zero-order valence-corrected chi connectivity index (χ0v) is 9.96. The maximum Gasteiger partial charge on any atom is 0.229 e. The largest absolute Gasteiger partial charge is 0.391 e. The van der Waals surface area contributed by atoms with Crippen LogP contribution in [0.4, 0.5) is 5.69 Å². The van der Waals surface area contributed by atoms with Crippen LogP contribution in [0.1, 0.15) is 12.2 Å². The predicted molar refractivity (Wildman–Crippen MR) is 59.8 cm³/mol. The first-order chi connectivity index (χ1) is 7.49. The molecule has 7 heteroatoms. The van der Waals surface area contributed by atoms with Crippen LogP contribution in [0.5, 0.6) is 0 Å². The third-order valence-electron chi connectivity index (χ3n) is 2.29. The highest BCUT2D eigenvalue weighted by Gasteiger charge is 2.32. The second-order valence-electron chi connectivity index (χ2n) is 3.56. The van der Waals surface area contributed by atoms with Gasteiger partial charge in [0.2, 0.25) is 5.91 Å². The van der Waals surface area contributed by atoms with Crippen molar-refractivity contribution in [3.05, 3.63) is 16.1 Å². The third-order valence-corrected chi connectivity index (χ3v) is 2.81. The van der Waals surface area contributed by atoms with Crippen molar-refractivity contribution in [2.45, 2.75) is 19.4 Å². The van der Waals surface area contributed by atoms with Gasteiger partial charge in [-0.2, -0.15) is 0 Å². The molecule has 1 aliphatic heterocycles. The lowest BCUT2D eigenvalue weighted by molar-refractivity contribution is -0.117. The Morgan fingerprint density at radius 1 is 1.38 bits per heavy atom. The summed E-state index contributed by atoms with van der Waals surface area (Å²) in [7, 11) is 0. The van der Waals surface area contributed by atoms with Crippen LogP contribution < -0.4 is 4.90 Å². The van der Waals surface area contributed by atoms with Gasteiger partial charge in [0.25, 0.3) is 0 Å². The molecular formula is C9H9Cl2N3O2. The predicted octanol–water partition coefficient (Wildman–Crippen LogP) is 1.19. The van der Waals surface area contributed by atoms with Crippen molar-refractivity contribution in [3.63, 3.8) is 0 Å². The van der Waals surface area contributed by atoms with Crippen molar-refractivity contribution in [2.75, 3.05) is 11.4 Å². The van der Waals surface area contributed by atoms with E-state index >= 15 is 0 Å². The zero-order chi connectivity index (χ0) is 11.9. The fourth-order valence-electron chi connectivity index (χ4n) is 1.63. The number of carbonyl (C=O) groups excluding carboxylic acids is 1. The second-order valence-corrected chi connectivity index (χ2v) is 4.28. The third kappa shape index (κ3) is 1.98. The Bertz CT molecular complexity index is 429. The molecule has 1 aromatic rings. The van der Waals surface area contributed by atoms with Gasteiger partial charge in [0.15, 0.2) is 10.3 Å². The molecular weight excluding hydrogens is 253 g/mol. The van der Waals surface area contributed by atoms with E-state index in [1.54, 1.807) is 6.92 Å². The SMILES string of the molecule is Cc1nc(Cl)c(N2CC(O)CC2=O)c(Cl)n1. The van der Waals surface area contributed by atoms with Crippen LogP contribution in [-0.4, -0.2) is 33.6 Å². The number of carbonyl (C=O) groups is 1. The number of aliphatic hydroxyl groups excluding tert-OH is 1. The van der Waals surface area contributed by atoms with Gasteiger partial charge in [-0.1, -0.05) is 23.2 Å². The summed E-state index contributed by atoms with van der Waals surface area (Å²) < 4.78 is 0. The number of anilines is 1. The van der Waals surface area contributed by atoms with E-state index in [-0.39, 0.29) is 34.9 Å². The van der Waals surface area contributed by atoms with Crippen molar-refractivity contribution in [1.29, 1.82) is 0 Å². The van der Waals surface area contributed by atoms with E-state index in [0.29, 0.717) is 5.82 Å². The number of aryl methyl sites for hydroxylation is 1. The van der Waals surface area contributed by atoms with Crippen molar-refractivity contribution in [3.8, 4) is 0 Å². The van der Waals surface area contributed by atoms with Crippen LogP contribution in [0.25, 0.3) is 0 Å². The summed E-state index contributed by atoms with van der Waals surface area (Å²) in [5.41, 5.74) is 0.274. The Labute approximate surface area is 102 Å². The molecule has 2 heterocycles. The number of aromatic nitrogens is 2. The molecule has 0 saturated carbocycles. The Morgan fingerprint density at radius 3 is 2.38 bits per heavy atom. The molecule has 2 rings (SSSR count). The monoisotopic (exact) mass is 261 g/mol. The lowest BCUT2D eigenvalue weighted by Gasteiger charge is -2.17. The van der Waals surface area contributed by atoms with E-state index in [4.69, 9.17) is 23.2 Å². The highest BCUT2D eigenvalue weighted by Crippen LogP contribution is 2.33. The maximum absolute atomic E-state index is 11.6. The molecule has 86 valence electrons. The van der Waals surface area contributed by atoms with Gasteiger partial charge in [-0.25, -0.2) is 9.97 Å². The number of amides is 1. The van der Waals surface area contributed by atoms with Crippen molar-refractivity contribution >= 4 is 34.8 Å². The summed E-state index contributed by atoms with van der Waals surface area (Å²) in [6.07, 6.45) is -0.624. The normalized spacial score (nSPS) is 20.6. The van der Waals surface area contributed by atoms with Crippen LogP contribution in [0.3, 0.4) is 0 Å². The van der Waals surface area contributed by atoms with E-state index in [1.165, 1.54) is 4.90 Å². The molecule has 0 spiro atoms. The number of nitrogens with zero attached hydrogens (tertiary/aromatic N) is 3. The van der Waals surface area contributed by atoms with Gasteiger partial charge in [-0.05, 0) is 6.92 Å². The quantitative estimate of drug-likeness (QED) is 0.772. The minimum Gasteiger partial charge on any atom is -0.391 e. The van der Waals surface area contributed by atoms with Crippen LogP contribution in [-0.2, 0) is 4.79 Å². The molecule has 0 aliphatic carbocycles. The molecule has 1 unspecified atom stereocenters. The summed E-state index contributed by atoms with van der Waals surface area (Å²) >= 11 is 11.8. The van der Waals surface area contributed by atoms with E-state index in [0.717, 1.165) is 0 Å². The average molecular weight is 262 g/mol. The van der Waals surface area contributed by atoms with Gasteiger partial charge in [0, 0.05) is 0 Å². The van der Waals surface area contributed by atoms with Crippen molar-refractivity contribution in [1.82, 2.24) is 9.97 Å². The summed E-state index contributed by atoms with van der Waals surface area (Å²) in [5, 5.41) is 9.63. The molecule has 1 N–H and O–H groups in total. The van der Waals surface area contributed by atoms with E-state index in [2.05, 4.69) is 9.97 Å². The molecule has 1 fully saturated rings. The van der Waals surface area contributed by atoms with Gasteiger partial charge in [-0.15, -0.1) is 0 Å². The topological polar surface area (TPSA) is 66.3 Å². The van der Waals surface area contributed by atoms with E-state index < -0.39 is 6.10 Å². The summed E-state index contributed by atoms with van der Waals surface area (Å²) in [4.78, 5) is 20.7. The first-order valence-electron chi connectivity index (χ1n) is 4.67. The lowest BCUT2D eigenvalue weighted by atomic mass is 10.3. The zero-order valence-electron chi connectivity index (χ0n) is 8.44. The number of hydrogen-bond acceptors (Lipinski definition) is 4. The lowest BCUT2D eigenvalue weighted by Crippen LogP contribution is -2.26. The van der Waals surface area contributed by atoms with Gasteiger partial charge in [-0.3, -0.25) is 4.79 Å². The number of aliphatic hydroxyl groups is 1. The van der Waals surface area contributed by atoms with Crippen LogP contribution in [0.2, 0.25) is 10.3 Å². The number of hydrogen-bond donors (Lipinski definition) is 1. The number of halogens is 2. The molecule has 0 radical (unpaired) electrons. The molecule has 1 amide bonds. The molecule has 0 aromatic carbocycles. The number of β-amino-alcohol motifs (C(OH)–C–C–N with tert-alkyl or cyclic N) is 1. The first-order valence-corrected chi connectivity index (χ1v) is 5.42. The van der Waals surface area contributed by atoms with Gasteiger partial charge in [0.05, 0.1) is 19.1 Å². The van der Waals surface area contributed by atoms with E-state index in [9.17, 15) is 9.90 Å².